The quantitative estimate of drug-likeness (QED) is 0.703. The third-order valence-corrected chi connectivity index (χ3v) is 4.49. The maximum atomic E-state index is 12.1. The zero-order chi connectivity index (χ0) is 19.8. The summed E-state index contributed by atoms with van der Waals surface area (Å²) in [6.07, 6.45) is 3.82. The molecule has 150 valence electrons. The molecule has 0 radical (unpaired) electrons. The summed E-state index contributed by atoms with van der Waals surface area (Å²) in [5.41, 5.74) is 1.11. The van der Waals surface area contributed by atoms with Crippen LogP contribution in [0.2, 0.25) is 0 Å². The lowest BCUT2D eigenvalue weighted by atomic mass is 10.1. The number of fused-ring (bicyclic) bond motifs is 1. The van der Waals surface area contributed by atoms with Gasteiger partial charge in [-0.3, -0.25) is 14.7 Å². The summed E-state index contributed by atoms with van der Waals surface area (Å²) in [6, 6.07) is 9.53. The highest BCUT2D eigenvalue weighted by Gasteiger charge is 2.21. The summed E-state index contributed by atoms with van der Waals surface area (Å²) in [5, 5.41) is 2.89. The van der Waals surface area contributed by atoms with Crippen molar-refractivity contribution < 1.29 is 19.0 Å². The molecule has 28 heavy (non-hydrogen) atoms. The van der Waals surface area contributed by atoms with Crippen LogP contribution in [0.3, 0.4) is 0 Å². The molecule has 1 aliphatic heterocycles. The molecule has 1 atom stereocenters. The maximum absolute atomic E-state index is 12.1. The van der Waals surface area contributed by atoms with E-state index in [9.17, 15) is 4.79 Å². The van der Waals surface area contributed by atoms with Crippen LogP contribution in [0.1, 0.15) is 18.9 Å². The summed E-state index contributed by atoms with van der Waals surface area (Å²) in [7, 11) is 1.65. The van der Waals surface area contributed by atoms with Gasteiger partial charge in [0, 0.05) is 43.9 Å². The molecule has 0 aliphatic carbocycles. The van der Waals surface area contributed by atoms with E-state index in [0.717, 1.165) is 30.2 Å². The molecule has 0 bridgehead atoms. The number of carbonyl (C=O) groups is 1. The molecule has 1 aromatic heterocycles. The fraction of sp³-hybridized carbons (Fsp3) is 0.429. The summed E-state index contributed by atoms with van der Waals surface area (Å²) in [5.74, 6) is 2.35. The van der Waals surface area contributed by atoms with Gasteiger partial charge in [0.2, 0.25) is 5.91 Å². The van der Waals surface area contributed by atoms with E-state index < -0.39 is 0 Å². The molecule has 0 fully saturated rings. The molecule has 0 saturated carbocycles. The van der Waals surface area contributed by atoms with Crippen LogP contribution < -0.4 is 19.5 Å². The zero-order valence-corrected chi connectivity index (χ0v) is 16.4. The van der Waals surface area contributed by atoms with Crippen LogP contribution >= 0.6 is 0 Å². The van der Waals surface area contributed by atoms with Gasteiger partial charge in [-0.05, 0) is 25.1 Å². The van der Waals surface area contributed by atoms with Crippen molar-refractivity contribution in [1.82, 2.24) is 15.2 Å². The number of carbonyl (C=O) groups excluding carboxylic acids is 1. The average Bonchev–Trinajstić information content (AvgIpc) is 2.87. The first kappa shape index (κ1) is 19.9. The van der Waals surface area contributed by atoms with Gasteiger partial charge in [-0.2, -0.15) is 0 Å². The van der Waals surface area contributed by atoms with Crippen molar-refractivity contribution in [1.29, 1.82) is 0 Å². The Morgan fingerprint density at radius 2 is 2.25 bits per heavy atom. The number of benzene rings is 1. The van der Waals surface area contributed by atoms with Crippen LogP contribution in [0.25, 0.3) is 0 Å². The van der Waals surface area contributed by atoms with Gasteiger partial charge in [-0.1, -0.05) is 6.07 Å². The smallest absolute Gasteiger partial charge is 0.221 e. The van der Waals surface area contributed by atoms with Crippen molar-refractivity contribution in [2.24, 2.45) is 0 Å². The van der Waals surface area contributed by atoms with Gasteiger partial charge >= 0.3 is 0 Å². The number of aromatic nitrogens is 1. The van der Waals surface area contributed by atoms with E-state index in [1.54, 1.807) is 19.5 Å². The van der Waals surface area contributed by atoms with Crippen LogP contribution in [0.15, 0.2) is 42.7 Å². The third kappa shape index (κ3) is 5.85. The summed E-state index contributed by atoms with van der Waals surface area (Å²) in [6.45, 7) is 5.12. The second-order valence-electron chi connectivity index (χ2n) is 6.77. The number of methoxy groups -OCH3 is 1. The van der Waals surface area contributed by atoms with Gasteiger partial charge in [0.05, 0.1) is 19.9 Å². The lowest BCUT2D eigenvalue weighted by Gasteiger charge is -2.21. The van der Waals surface area contributed by atoms with Gasteiger partial charge in [0.25, 0.3) is 0 Å². The molecule has 0 saturated heterocycles. The molecule has 2 heterocycles. The molecule has 1 amide bonds. The first-order chi connectivity index (χ1) is 13.6. The van der Waals surface area contributed by atoms with Crippen LogP contribution in [0.4, 0.5) is 0 Å². The predicted molar refractivity (Wildman–Crippen MR) is 106 cm³/mol. The Balaban J connectivity index is 1.42. The molecule has 0 spiro atoms. The Bertz CT molecular complexity index is 770. The number of nitrogens with one attached hydrogen (secondary N) is 1. The summed E-state index contributed by atoms with van der Waals surface area (Å²) >= 11 is 0. The van der Waals surface area contributed by atoms with Crippen molar-refractivity contribution in [2.75, 3.05) is 33.4 Å². The fourth-order valence-corrected chi connectivity index (χ4v) is 3.14. The van der Waals surface area contributed by atoms with Crippen LogP contribution in [0, 0.1) is 0 Å². The van der Waals surface area contributed by atoms with Gasteiger partial charge in [-0.15, -0.1) is 0 Å². The molecular weight excluding hydrogens is 358 g/mol. The molecule has 1 aromatic carbocycles. The van der Waals surface area contributed by atoms with E-state index >= 15 is 0 Å². The minimum atomic E-state index is 0.0163. The average molecular weight is 385 g/mol. The molecular formula is C21H27N3O4. The lowest BCUT2D eigenvalue weighted by molar-refractivity contribution is -0.121. The fourth-order valence-electron chi connectivity index (χ4n) is 3.14. The summed E-state index contributed by atoms with van der Waals surface area (Å²) < 4.78 is 16.8. The Hall–Kier alpha value is -2.80. The van der Waals surface area contributed by atoms with Crippen molar-refractivity contribution in [3.8, 4) is 17.2 Å². The standard InChI is InChI=1S/C21H27N3O4/c1-16-14-24(15-17-5-6-18(26-2)12-20(17)28-16)10-7-21(25)23-9-11-27-19-4-3-8-22-13-19/h3-6,8,12-13,16H,7,9-11,14-15H2,1-2H3,(H,23,25). The number of hydrogen-bond acceptors (Lipinski definition) is 6. The number of rotatable bonds is 8. The normalized spacial score (nSPS) is 16.4. The first-order valence-corrected chi connectivity index (χ1v) is 9.49. The molecule has 1 aliphatic rings. The van der Waals surface area contributed by atoms with E-state index in [1.165, 1.54) is 0 Å². The first-order valence-electron chi connectivity index (χ1n) is 9.49. The highest BCUT2D eigenvalue weighted by Crippen LogP contribution is 2.29. The van der Waals surface area contributed by atoms with Gasteiger partial charge in [0.15, 0.2) is 0 Å². The van der Waals surface area contributed by atoms with Gasteiger partial charge in [0.1, 0.15) is 30.0 Å². The third-order valence-electron chi connectivity index (χ3n) is 4.49. The Morgan fingerprint density at radius 3 is 3.04 bits per heavy atom. The molecule has 1 unspecified atom stereocenters. The SMILES string of the molecule is COc1ccc2c(c1)OC(C)CN(CCC(=O)NCCOc1cccnc1)C2. The van der Waals surface area contributed by atoms with Crippen LogP contribution in [-0.2, 0) is 11.3 Å². The van der Waals surface area contributed by atoms with Crippen molar-refractivity contribution in [2.45, 2.75) is 26.0 Å². The maximum Gasteiger partial charge on any atom is 0.221 e. The Morgan fingerprint density at radius 1 is 1.36 bits per heavy atom. The number of amides is 1. The Labute approximate surface area is 165 Å². The van der Waals surface area contributed by atoms with E-state index in [0.29, 0.717) is 31.9 Å². The van der Waals surface area contributed by atoms with E-state index in [-0.39, 0.29) is 12.0 Å². The predicted octanol–water partition coefficient (Wildman–Crippen LogP) is 2.26. The monoisotopic (exact) mass is 385 g/mol. The van der Waals surface area contributed by atoms with Gasteiger partial charge < -0.3 is 19.5 Å². The second-order valence-corrected chi connectivity index (χ2v) is 6.77. The number of hydrogen-bond donors (Lipinski definition) is 1. The molecule has 2 aromatic rings. The second kappa shape index (κ2) is 9.94. The zero-order valence-electron chi connectivity index (χ0n) is 16.4. The van der Waals surface area contributed by atoms with Crippen molar-refractivity contribution in [3.63, 3.8) is 0 Å². The van der Waals surface area contributed by atoms with Gasteiger partial charge in [-0.25, -0.2) is 0 Å². The van der Waals surface area contributed by atoms with E-state index in [2.05, 4.69) is 15.2 Å². The Kier molecular flexibility index (Phi) is 7.08. The minimum absolute atomic E-state index is 0.0163. The van der Waals surface area contributed by atoms with E-state index in [4.69, 9.17) is 14.2 Å². The number of ether oxygens (including phenoxy) is 3. The molecule has 7 nitrogen and oxygen atoms in total. The number of pyridine rings is 1. The highest BCUT2D eigenvalue weighted by atomic mass is 16.5. The summed E-state index contributed by atoms with van der Waals surface area (Å²) in [4.78, 5) is 18.4. The molecule has 7 heteroatoms. The molecule has 1 N–H and O–H groups in total. The van der Waals surface area contributed by atoms with Crippen molar-refractivity contribution in [3.05, 3.63) is 48.3 Å². The largest absolute Gasteiger partial charge is 0.497 e. The van der Waals surface area contributed by atoms with Crippen LogP contribution in [-0.4, -0.2) is 55.2 Å². The molecule has 3 rings (SSSR count). The lowest BCUT2D eigenvalue weighted by Crippen LogP contribution is -2.35. The van der Waals surface area contributed by atoms with Crippen molar-refractivity contribution >= 4 is 5.91 Å². The van der Waals surface area contributed by atoms with Crippen LogP contribution in [0.5, 0.6) is 17.2 Å². The number of nitrogens with zero attached hydrogens (tertiary/aromatic N) is 2. The topological polar surface area (TPSA) is 72.9 Å². The minimum Gasteiger partial charge on any atom is -0.497 e. The van der Waals surface area contributed by atoms with E-state index in [1.807, 2.05) is 37.3 Å². The highest BCUT2D eigenvalue weighted by molar-refractivity contribution is 5.76.